The molecule has 0 spiro atoms. The number of alkyl halides is 3. The fourth-order valence-corrected chi connectivity index (χ4v) is 4.40. The lowest BCUT2D eigenvalue weighted by Gasteiger charge is -2.35. The Labute approximate surface area is 214 Å². The van der Waals surface area contributed by atoms with E-state index < -0.39 is 22.5 Å². The third-order valence-corrected chi connectivity index (χ3v) is 6.30. The highest BCUT2D eigenvalue weighted by Gasteiger charge is 2.34. The molecule has 0 saturated carbocycles. The summed E-state index contributed by atoms with van der Waals surface area (Å²) in [7, 11) is 0. The predicted octanol–water partition coefficient (Wildman–Crippen LogP) is 4.21. The Balaban J connectivity index is 1.26. The summed E-state index contributed by atoms with van der Waals surface area (Å²) >= 11 is 0. The van der Waals surface area contributed by atoms with Crippen LogP contribution in [0.2, 0.25) is 0 Å². The lowest BCUT2D eigenvalue weighted by atomic mass is 10.1. The number of aromatic nitrogens is 2. The lowest BCUT2D eigenvalue weighted by Crippen LogP contribution is -2.46. The summed E-state index contributed by atoms with van der Waals surface area (Å²) in [5, 5.41) is 14.7. The highest BCUT2D eigenvalue weighted by atomic mass is 19.4. The van der Waals surface area contributed by atoms with Crippen LogP contribution in [-0.4, -0.2) is 52.8 Å². The monoisotopic (exact) mass is 534 g/mol. The van der Waals surface area contributed by atoms with Crippen LogP contribution < -0.4 is 19.7 Å². The zero-order chi connectivity index (χ0) is 26.9. The Morgan fingerprint density at radius 3 is 2.47 bits per heavy atom. The molecule has 0 amide bonds. The van der Waals surface area contributed by atoms with Gasteiger partial charge in [0.15, 0.2) is 11.5 Å². The summed E-state index contributed by atoms with van der Waals surface area (Å²) in [5.74, 6) is -0.00692. The van der Waals surface area contributed by atoms with Gasteiger partial charge in [0, 0.05) is 39.3 Å². The molecule has 0 radical (unpaired) electrons. The van der Waals surface area contributed by atoms with E-state index in [9.17, 15) is 27.7 Å². The molecule has 3 heterocycles. The van der Waals surface area contributed by atoms with Gasteiger partial charge < -0.3 is 19.7 Å². The Hall–Kier alpha value is -4.20. The Bertz CT molecular complexity index is 1350. The molecule has 10 nitrogen and oxygen atoms in total. The van der Waals surface area contributed by atoms with Crippen molar-refractivity contribution in [2.75, 3.05) is 43.2 Å². The van der Waals surface area contributed by atoms with Gasteiger partial charge in [0.05, 0.1) is 10.5 Å². The van der Waals surface area contributed by atoms with Gasteiger partial charge in [-0.1, -0.05) is 12.1 Å². The summed E-state index contributed by atoms with van der Waals surface area (Å²) in [6, 6.07) is 8.30. The molecule has 1 saturated heterocycles. The zero-order valence-electron chi connectivity index (χ0n) is 19.9. The van der Waals surface area contributed by atoms with Crippen LogP contribution in [0.4, 0.5) is 34.9 Å². The van der Waals surface area contributed by atoms with E-state index in [0.717, 1.165) is 11.9 Å². The molecule has 2 aliphatic heterocycles. The minimum Gasteiger partial charge on any atom is -0.454 e. The van der Waals surface area contributed by atoms with Crippen LogP contribution in [0.3, 0.4) is 0 Å². The van der Waals surface area contributed by atoms with Crippen molar-refractivity contribution in [1.82, 2.24) is 14.9 Å². The zero-order valence-corrected chi connectivity index (χ0v) is 19.9. The van der Waals surface area contributed by atoms with Gasteiger partial charge in [-0.15, -0.1) is 0 Å². The number of hydrogen-bond acceptors (Lipinski definition) is 9. The third-order valence-electron chi connectivity index (χ3n) is 6.30. The van der Waals surface area contributed by atoms with Crippen LogP contribution >= 0.6 is 0 Å². The average molecular weight is 534 g/mol. The van der Waals surface area contributed by atoms with Gasteiger partial charge in [0.2, 0.25) is 18.4 Å². The van der Waals surface area contributed by atoms with Gasteiger partial charge in [-0.25, -0.2) is 14.4 Å². The first-order chi connectivity index (χ1) is 18.2. The second kappa shape index (κ2) is 10.3. The fourth-order valence-electron chi connectivity index (χ4n) is 4.40. The molecular weight excluding hydrogens is 512 g/mol. The van der Waals surface area contributed by atoms with Gasteiger partial charge in [-0.3, -0.25) is 15.0 Å². The second-order valence-electron chi connectivity index (χ2n) is 8.77. The van der Waals surface area contributed by atoms with Gasteiger partial charge in [0.1, 0.15) is 12.1 Å². The predicted molar refractivity (Wildman–Crippen MR) is 127 cm³/mol. The molecule has 5 rings (SSSR count). The summed E-state index contributed by atoms with van der Waals surface area (Å²) in [4.78, 5) is 23.4. The van der Waals surface area contributed by atoms with E-state index in [2.05, 4.69) is 20.2 Å². The largest absolute Gasteiger partial charge is 0.454 e. The van der Waals surface area contributed by atoms with E-state index in [-0.39, 0.29) is 36.2 Å². The number of nitrogens with one attached hydrogen (secondary N) is 1. The fraction of sp³-hybridized carbons (Fsp3) is 0.333. The molecule has 0 bridgehead atoms. The van der Waals surface area contributed by atoms with Crippen LogP contribution in [0.15, 0.2) is 42.7 Å². The molecule has 1 aromatic heterocycles. The minimum atomic E-state index is -4.86. The smallest absolute Gasteiger partial charge is 0.419 e. The van der Waals surface area contributed by atoms with E-state index in [1.54, 1.807) is 4.90 Å². The number of nitro groups is 1. The van der Waals surface area contributed by atoms with E-state index in [1.165, 1.54) is 6.07 Å². The van der Waals surface area contributed by atoms with Gasteiger partial charge in [-0.2, -0.15) is 13.2 Å². The molecule has 38 heavy (non-hydrogen) atoms. The van der Waals surface area contributed by atoms with Crippen molar-refractivity contribution in [1.29, 1.82) is 0 Å². The van der Waals surface area contributed by atoms with Gasteiger partial charge in [0.25, 0.3) is 0 Å². The average Bonchev–Trinajstić information content (AvgIpc) is 3.35. The molecule has 0 aliphatic carbocycles. The van der Waals surface area contributed by atoms with Crippen molar-refractivity contribution in [3.63, 3.8) is 0 Å². The maximum absolute atomic E-state index is 13.6. The standard InChI is InChI=1S/C24H22F4N6O4/c25-18-3-1-15(9-17(18)24(26,27)28)11-29-22-21(34(35)36)23(31-13-30-22)33-7-5-32(6-8-33)12-16-2-4-19-20(10-16)38-14-37-19/h1-4,9-10,13H,5-8,11-12,14H2,(H,29,30,31). The number of piperazine rings is 1. The first-order valence-corrected chi connectivity index (χ1v) is 11.6. The highest BCUT2D eigenvalue weighted by Crippen LogP contribution is 2.35. The highest BCUT2D eigenvalue weighted by molar-refractivity contribution is 5.70. The quantitative estimate of drug-likeness (QED) is 0.271. The first kappa shape index (κ1) is 25.4. The molecule has 2 aromatic carbocycles. The number of benzene rings is 2. The Kier molecular flexibility index (Phi) is 6.89. The maximum atomic E-state index is 13.6. The molecule has 1 N–H and O–H groups in total. The Morgan fingerprint density at radius 2 is 1.74 bits per heavy atom. The van der Waals surface area contributed by atoms with Crippen molar-refractivity contribution in [3.05, 3.63) is 75.3 Å². The maximum Gasteiger partial charge on any atom is 0.419 e. The van der Waals surface area contributed by atoms with Gasteiger partial charge in [-0.05, 0) is 35.4 Å². The van der Waals surface area contributed by atoms with Crippen LogP contribution in [-0.2, 0) is 19.3 Å². The van der Waals surface area contributed by atoms with Gasteiger partial charge >= 0.3 is 11.9 Å². The molecule has 1 fully saturated rings. The minimum absolute atomic E-state index is 0.0883. The van der Waals surface area contributed by atoms with Crippen molar-refractivity contribution in [2.45, 2.75) is 19.3 Å². The number of halogens is 4. The number of hydrogen-bond donors (Lipinski definition) is 1. The normalized spacial score (nSPS) is 15.5. The third kappa shape index (κ3) is 5.39. The van der Waals surface area contributed by atoms with Crippen molar-refractivity contribution < 1.29 is 32.0 Å². The molecule has 0 unspecified atom stereocenters. The molecule has 2 aliphatic rings. The Morgan fingerprint density at radius 1 is 1.00 bits per heavy atom. The number of nitrogens with zero attached hydrogens (tertiary/aromatic N) is 5. The van der Waals surface area contributed by atoms with Crippen LogP contribution in [0, 0.1) is 15.9 Å². The van der Waals surface area contributed by atoms with Crippen LogP contribution in [0.5, 0.6) is 11.5 Å². The van der Waals surface area contributed by atoms with E-state index in [1.807, 2.05) is 18.2 Å². The molecule has 0 atom stereocenters. The second-order valence-corrected chi connectivity index (χ2v) is 8.77. The molecule has 14 heteroatoms. The van der Waals surface area contributed by atoms with Crippen LogP contribution in [0.25, 0.3) is 0 Å². The SMILES string of the molecule is O=[N+]([O-])c1c(NCc2ccc(F)c(C(F)(F)F)c2)ncnc1N1CCN(Cc2ccc3c(c2)OCO3)CC1. The topological polar surface area (TPSA) is 106 Å². The van der Waals surface area contributed by atoms with E-state index >= 15 is 0 Å². The summed E-state index contributed by atoms with van der Waals surface area (Å²) in [6.45, 7) is 2.81. The van der Waals surface area contributed by atoms with Crippen molar-refractivity contribution in [2.24, 2.45) is 0 Å². The number of rotatable bonds is 7. The van der Waals surface area contributed by atoms with E-state index in [0.29, 0.717) is 56.4 Å². The van der Waals surface area contributed by atoms with Crippen molar-refractivity contribution in [3.8, 4) is 11.5 Å². The molecule has 3 aromatic rings. The molecular formula is C24H22F4N6O4. The number of fused-ring (bicyclic) bond motifs is 1. The summed E-state index contributed by atoms with van der Waals surface area (Å²) in [5.41, 5.74) is -0.648. The summed E-state index contributed by atoms with van der Waals surface area (Å²) in [6.07, 6.45) is -3.70. The van der Waals surface area contributed by atoms with Crippen molar-refractivity contribution >= 4 is 17.3 Å². The number of anilines is 2. The number of ether oxygens (including phenoxy) is 2. The lowest BCUT2D eigenvalue weighted by molar-refractivity contribution is -0.383. The van der Waals surface area contributed by atoms with E-state index in [4.69, 9.17) is 9.47 Å². The first-order valence-electron chi connectivity index (χ1n) is 11.6. The van der Waals surface area contributed by atoms with Crippen LogP contribution in [0.1, 0.15) is 16.7 Å². The molecule has 200 valence electrons. The summed E-state index contributed by atoms with van der Waals surface area (Å²) < 4.78 is 63.5.